The van der Waals surface area contributed by atoms with Crippen molar-refractivity contribution in [1.29, 1.82) is 0 Å². The normalized spacial score (nSPS) is 9.82. The number of nitrogens with one attached hydrogen (secondary N) is 1. The molecule has 0 spiro atoms. The summed E-state index contributed by atoms with van der Waals surface area (Å²) in [6, 6.07) is 3.05. The lowest BCUT2D eigenvalue weighted by atomic mass is 10.2. The van der Waals surface area contributed by atoms with Gasteiger partial charge < -0.3 is 15.3 Å². The van der Waals surface area contributed by atoms with E-state index in [9.17, 15) is 9.59 Å². The monoisotopic (exact) mass is 237 g/mol. The molecule has 0 unspecified atom stereocenters. The van der Waals surface area contributed by atoms with Crippen LogP contribution in [0.15, 0.2) is 18.3 Å². The van der Waals surface area contributed by atoms with Gasteiger partial charge in [0.15, 0.2) is 0 Å². The Kier molecular flexibility index (Phi) is 4.59. The van der Waals surface area contributed by atoms with Crippen molar-refractivity contribution in [1.82, 2.24) is 9.88 Å². The highest BCUT2D eigenvalue weighted by Crippen LogP contribution is 2.08. The summed E-state index contributed by atoms with van der Waals surface area (Å²) in [5, 5.41) is 11.2. The van der Waals surface area contributed by atoms with E-state index in [1.54, 1.807) is 13.1 Å². The van der Waals surface area contributed by atoms with Crippen LogP contribution in [0.2, 0.25) is 0 Å². The summed E-state index contributed by atoms with van der Waals surface area (Å²) in [6.07, 6.45) is 1.45. The molecule has 0 aliphatic carbocycles. The number of aromatic nitrogens is 1. The van der Waals surface area contributed by atoms with Gasteiger partial charge in [-0.1, -0.05) is 0 Å². The molecule has 6 nitrogen and oxygen atoms in total. The van der Waals surface area contributed by atoms with Gasteiger partial charge in [0, 0.05) is 32.3 Å². The van der Waals surface area contributed by atoms with Gasteiger partial charge in [0.25, 0.3) is 5.91 Å². The maximum absolute atomic E-state index is 11.8. The van der Waals surface area contributed by atoms with Crippen molar-refractivity contribution in [3.8, 4) is 0 Å². The van der Waals surface area contributed by atoms with Gasteiger partial charge in [-0.15, -0.1) is 0 Å². The molecule has 17 heavy (non-hydrogen) atoms. The SMILES string of the molecule is CC(=O)Nc1cc(C(=O)N(C)CCO)ccn1. The molecule has 2 amide bonds. The van der Waals surface area contributed by atoms with Crippen LogP contribution in [-0.4, -0.2) is 47.0 Å². The van der Waals surface area contributed by atoms with Gasteiger partial charge >= 0.3 is 0 Å². The van der Waals surface area contributed by atoms with Gasteiger partial charge in [-0.3, -0.25) is 9.59 Å². The number of amides is 2. The molecule has 1 heterocycles. The molecule has 1 aromatic rings. The number of nitrogens with zero attached hydrogens (tertiary/aromatic N) is 2. The Bertz CT molecular complexity index is 420. The third-order valence-electron chi connectivity index (χ3n) is 2.09. The van der Waals surface area contributed by atoms with E-state index >= 15 is 0 Å². The van der Waals surface area contributed by atoms with Crippen molar-refractivity contribution in [2.24, 2.45) is 0 Å². The highest BCUT2D eigenvalue weighted by atomic mass is 16.3. The molecule has 6 heteroatoms. The Balaban J connectivity index is 2.83. The Morgan fingerprint density at radius 2 is 2.24 bits per heavy atom. The molecule has 0 saturated carbocycles. The van der Waals surface area contributed by atoms with E-state index in [1.165, 1.54) is 24.1 Å². The van der Waals surface area contributed by atoms with Crippen molar-refractivity contribution in [2.45, 2.75) is 6.92 Å². The van der Waals surface area contributed by atoms with Crippen LogP contribution < -0.4 is 5.32 Å². The van der Waals surface area contributed by atoms with Gasteiger partial charge in [-0.05, 0) is 12.1 Å². The molecule has 0 saturated heterocycles. The van der Waals surface area contributed by atoms with Crippen LogP contribution in [0.5, 0.6) is 0 Å². The van der Waals surface area contributed by atoms with Crippen molar-refractivity contribution in [3.63, 3.8) is 0 Å². The number of pyridine rings is 1. The fourth-order valence-corrected chi connectivity index (χ4v) is 1.28. The number of rotatable bonds is 4. The lowest BCUT2D eigenvalue weighted by molar-refractivity contribution is -0.114. The smallest absolute Gasteiger partial charge is 0.253 e. The molecule has 2 N–H and O–H groups in total. The second kappa shape index (κ2) is 5.95. The minimum absolute atomic E-state index is 0.0914. The largest absolute Gasteiger partial charge is 0.395 e. The Labute approximate surface area is 99.3 Å². The summed E-state index contributed by atoms with van der Waals surface area (Å²) in [5.41, 5.74) is 0.416. The summed E-state index contributed by atoms with van der Waals surface area (Å²) in [6.45, 7) is 1.54. The highest BCUT2D eigenvalue weighted by molar-refractivity contribution is 5.96. The number of anilines is 1. The molecule has 1 aromatic heterocycles. The number of aliphatic hydroxyl groups excluding tert-OH is 1. The van der Waals surface area contributed by atoms with Gasteiger partial charge in [-0.25, -0.2) is 4.98 Å². The van der Waals surface area contributed by atoms with E-state index in [0.717, 1.165) is 0 Å². The first-order valence-corrected chi connectivity index (χ1v) is 5.14. The maximum atomic E-state index is 11.8. The van der Waals surface area contributed by atoms with Crippen LogP contribution in [0.1, 0.15) is 17.3 Å². The zero-order valence-electron chi connectivity index (χ0n) is 9.80. The Morgan fingerprint density at radius 1 is 1.53 bits per heavy atom. The molecule has 0 bridgehead atoms. The summed E-state index contributed by atoms with van der Waals surface area (Å²) < 4.78 is 0. The van der Waals surface area contributed by atoms with Crippen molar-refractivity contribution in [3.05, 3.63) is 23.9 Å². The van der Waals surface area contributed by atoms with Crippen LogP contribution >= 0.6 is 0 Å². The highest BCUT2D eigenvalue weighted by Gasteiger charge is 2.11. The maximum Gasteiger partial charge on any atom is 0.253 e. The second-order valence-electron chi connectivity index (χ2n) is 3.56. The van der Waals surface area contributed by atoms with Gasteiger partial charge in [0.1, 0.15) is 5.82 Å². The summed E-state index contributed by atoms with van der Waals surface area (Å²) in [7, 11) is 1.59. The molecule has 0 fully saturated rings. The number of likely N-dealkylation sites (N-methyl/N-ethyl adjacent to an activating group) is 1. The Hall–Kier alpha value is -1.95. The van der Waals surface area contributed by atoms with E-state index in [2.05, 4.69) is 10.3 Å². The lowest BCUT2D eigenvalue weighted by Gasteiger charge is -2.15. The number of aliphatic hydroxyl groups is 1. The van der Waals surface area contributed by atoms with Crippen LogP contribution in [-0.2, 0) is 4.79 Å². The number of hydrogen-bond donors (Lipinski definition) is 2. The van der Waals surface area contributed by atoms with Gasteiger partial charge in [0.2, 0.25) is 5.91 Å². The van der Waals surface area contributed by atoms with Gasteiger partial charge in [0.05, 0.1) is 6.61 Å². The Morgan fingerprint density at radius 3 is 2.82 bits per heavy atom. The standard InChI is InChI=1S/C11H15N3O3/c1-8(16)13-10-7-9(3-4-12-10)11(17)14(2)5-6-15/h3-4,7,15H,5-6H2,1-2H3,(H,12,13,16). The predicted octanol–water partition coefficient (Wildman–Crippen LogP) is 0.104. The molecule has 92 valence electrons. The van der Waals surface area contributed by atoms with E-state index in [-0.39, 0.29) is 25.0 Å². The van der Waals surface area contributed by atoms with E-state index in [4.69, 9.17) is 5.11 Å². The zero-order valence-corrected chi connectivity index (χ0v) is 9.80. The summed E-state index contributed by atoms with van der Waals surface area (Å²) >= 11 is 0. The zero-order chi connectivity index (χ0) is 12.8. The molecule has 0 aliphatic heterocycles. The topological polar surface area (TPSA) is 82.5 Å². The van der Waals surface area contributed by atoms with Crippen LogP contribution in [0.4, 0.5) is 5.82 Å². The average molecular weight is 237 g/mol. The predicted molar refractivity (Wildman–Crippen MR) is 62.6 cm³/mol. The lowest BCUT2D eigenvalue weighted by Crippen LogP contribution is -2.29. The number of carbonyl (C=O) groups is 2. The minimum atomic E-state index is -0.245. The van der Waals surface area contributed by atoms with E-state index in [1.807, 2.05) is 0 Å². The number of carbonyl (C=O) groups excluding carboxylic acids is 2. The van der Waals surface area contributed by atoms with E-state index < -0.39 is 0 Å². The molecular formula is C11H15N3O3. The van der Waals surface area contributed by atoms with Crippen molar-refractivity contribution >= 4 is 17.6 Å². The molecule has 1 rings (SSSR count). The molecule has 0 aromatic carbocycles. The number of hydrogen-bond acceptors (Lipinski definition) is 4. The van der Waals surface area contributed by atoms with Crippen LogP contribution in [0.3, 0.4) is 0 Å². The molecule has 0 atom stereocenters. The first kappa shape index (κ1) is 13.1. The van der Waals surface area contributed by atoms with Crippen molar-refractivity contribution in [2.75, 3.05) is 25.5 Å². The summed E-state index contributed by atoms with van der Waals surface area (Å²) in [5.74, 6) is -0.139. The minimum Gasteiger partial charge on any atom is -0.395 e. The average Bonchev–Trinajstić information content (AvgIpc) is 2.28. The molecular weight excluding hydrogens is 222 g/mol. The third kappa shape index (κ3) is 3.84. The molecule has 0 radical (unpaired) electrons. The second-order valence-corrected chi connectivity index (χ2v) is 3.56. The first-order chi connectivity index (χ1) is 8.04. The fraction of sp³-hybridized carbons (Fsp3) is 0.364. The third-order valence-corrected chi connectivity index (χ3v) is 2.09. The first-order valence-electron chi connectivity index (χ1n) is 5.14. The quantitative estimate of drug-likeness (QED) is 0.778. The van der Waals surface area contributed by atoms with Crippen LogP contribution in [0, 0.1) is 0 Å². The van der Waals surface area contributed by atoms with Crippen molar-refractivity contribution < 1.29 is 14.7 Å². The molecule has 0 aliphatic rings. The van der Waals surface area contributed by atoms with Crippen LogP contribution in [0.25, 0.3) is 0 Å². The summed E-state index contributed by atoms with van der Waals surface area (Å²) in [4.78, 5) is 28.0. The van der Waals surface area contributed by atoms with Gasteiger partial charge in [-0.2, -0.15) is 0 Å². The fourth-order valence-electron chi connectivity index (χ4n) is 1.28. The van der Waals surface area contributed by atoms with E-state index in [0.29, 0.717) is 11.4 Å².